The maximum Gasteiger partial charge on any atom is 0.410 e. The average molecular weight is 366 g/mol. The lowest BCUT2D eigenvalue weighted by molar-refractivity contribution is 0.0270. The molecule has 0 spiro atoms. The normalized spacial score (nSPS) is 15.5. The molecule has 0 saturated heterocycles. The monoisotopic (exact) mass is 365 g/mol. The second-order valence-corrected chi connectivity index (χ2v) is 7.74. The highest BCUT2D eigenvalue weighted by Gasteiger charge is 2.24. The van der Waals surface area contributed by atoms with Crippen molar-refractivity contribution < 1.29 is 9.53 Å². The van der Waals surface area contributed by atoms with Crippen LogP contribution in [0.4, 0.5) is 4.79 Å². The molecule has 0 saturated carbocycles. The standard InChI is InChI=1S/C18H24BrNO2/c1-12-10-15(19)11-13(2)16(12)14-6-8-20(9-7-14)17(21)22-18(3,4)5/h6,10-11H,7-9H2,1-5H3. The fourth-order valence-corrected chi connectivity index (χ4v) is 3.49. The van der Waals surface area contributed by atoms with Gasteiger partial charge in [0.25, 0.3) is 0 Å². The van der Waals surface area contributed by atoms with Gasteiger partial charge in [-0.05, 0) is 75.4 Å². The van der Waals surface area contributed by atoms with E-state index in [0.717, 1.165) is 10.9 Å². The Balaban J connectivity index is 2.14. The van der Waals surface area contributed by atoms with E-state index in [9.17, 15) is 4.79 Å². The lowest BCUT2D eigenvalue weighted by atomic mass is 9.92. The first-order chi connectivity index (χ1) is 10.2. The summed E-state index contributed by atoms with van der Waals surface area (Å²) in [7, 11) is 0. The van der Waals surface area contributed by atoms with Crippen LogP contribution in [0.2, 0.25) is 0 Å². The number of rotatable bonds is 1. The van der Waals surface area contributed by atoms with Crippen molar-refractivity contribution in [2.45, 2.75) is 46.6 Å². The first-order valence-corrected chi connectivity index (χ1v) is 8.41. The zero-order valence-corrected chi connectivity index (χ0v) is 15.6. The Bertz CT molecular complexity index is 591. The Labute approximate surface area is 141 Å². The lowest BCUT2D eigenvalue weighted by Crippen LogP contribution is -2.39. The maximum absolute atomic E-state index is 12.1. The minimum absolute atomic E-state index is 0.230. The van der Waals surface area contributed by atoms with Crippen LogP contribution >= 0.6 is 15.9 Å². The molecule has 0 fully saturated rings. The van der Waals surface area contributed by atoms with Crippen LogP contribution in [0.5, 0.6) is 0 Å². The molecular weight excluding hydrogens is 342 g/mol. The van der Waals surface area contributed by atoms with E-state index in [2.05, 4.69) is 48.0 Å². The number of hydrogen-bond acceptors (Lipinski definition) is 2. The van der Waals surface area contributed by atoms with Crippen molar-refractivity contribution in [2.24, 2.45) is 0 Å². The molecule has 3 nitrogen and oxygen atoms in total. The van der Waals surface area contributed by atoms with Gasteiger partial charge in [0, 0.05) is 17.6 Å². The molecular formula is C18H24BrNO2. The highest BCUT2D eigenvalue weighted by molar-refractivity contribution is 9.10. The molecule has 2 rings (SSSR count). The molecule has 1 amide bonds. The van der Waals surface area contributed by atoms with Gasteiger partial charge in [-0.15, -0.1) is 0 Å². The summed E-state index contributed by atoms with van der Waals surface area (Å²) in [5.74, 6) is 0. The summed E-state index contributed by atoms with van der Waals surface area (Å²) < 4.78 is 6.54. The zero-order valence-electron chi connectivity index (χ0n) is 14.0. The number of ether oxygens (including phenoxy) is 1. The van der Waals surface area contributed by atoms with Crippen molar-refractivity contribution in [1.82, 2.24) is 4.90 Å². The van der Waals surface area contributed by atoms with Gasteiger partial charge in [0.1, 0.15) is 5.60 Å². The van der Waals surface area contributed by atoms with Crippen molar-refractivity contribution in [1.29, 1.82) is 0 Å². The molecule has 1 aliphatic rings. The number of halogens is 1. The summed E-state index contributed by atoms with van der Waals surface area (Å²) in [5, 5.41) is 0. The molecule has 1 aliphatic heterocycles. The smallest absolute Gasteiger partial charge is 0.410 e. The van der Waals surface area contributed by atoms with Crippen molar-refractivity contribution in [2.75, 3.05) is 13.1 Å². The lowest BCUT2D eigenvalue weighted by Gasteiger charge is -2.30. The second kappa shape index (κ2) is 6.45. The van der Waals surface area contributed by atoms with Crippen LogP contribution in [-0.4, -0.2) is 29.7 Å². The molecule has 0 unspecified atom stereocenters. The van der Waals surface area contributed by atoms with E-state index < -0.39 is 5.60 Å². The Hall–Kier alpha value is -1.29. The number of hydrogen-bond donors (Lipinski definition) is 0. The van der Waals surface area contributed by atoms with Crippen LogP contribution in [0.15, 0.2) is 22.7 Å². The van der Waals surface area contributed by atoms with E-state index in [1.807, 2.05) is 20.8 Å². The van der Waals surface area contributed by atoms with Crippen LogP contribution in [0, 0.1) is 13.8 Å². The van der Waals surface area contributed by atoms with E-state index in [-0.39, 0.29) is 6.09 Å². The highest BCUT2D eigenvalue weighted by Crippen LogP contribution is 2.30. The fraction of sp³-hybridized carbons (Fsp3) is 0.500. The third kappa shape index (κ3) is 4.13. The number of aryl methyl sites for hydroxylation is 2. The molecule has 22 heavy (non-hydrogen) atoms. The molecule has 0 aliphatic carbocycles. The van der Waals surface area contributed by atoms with Crippen molar-refractivity contribution >= 4 is 27.6 Å². The largest absolute Gasteiger partial charge is 0.444 e. The number of nitrogens with zero attached hydrogens (tertiary/aromatic N) is 1. The Morgan fingerprint density at radius 2 is 1.82 bits per heavy atom. The first kappa shape index (κ1) is 17.1. The fourth-order valence-electron chi connectivity index (χ4n) is 2.81. The zero-order chi connectivity index (χ0) is 16.5. The molecule has 0 radical (unpaired) electrons. The summed E-state index contributed by atoms with van der Waals surface area (Å²) in [6.45, 7) is 11.3. The van der Waals surface area contributed by atoms with E-state index in [0.29, 0.717) is 13.1 Å². The van der Waals surface area contributed by atoms with Gasteiger partial charge in [-0.2, -0.15) is 0 Å². The van der Waals surface area contributed by atoms with Gasteiger partial charge in [0.15, 0.2) is 0 Å². The van der Waals surface area contributed by atoms with Crippen LogP contribution in [-0.2, 0) is 4.74 Å². The predicted molar refractivity (Wildman–Crippen MR) is 94.0 cm³/mol. The number of carbonyl (C=O) groups excluding carboxylic acids is 1. The molecule has 1 aromatic carbocycles. The Kier molecular flexibility index (Phi) is 5.00. The third-order valence-corrected chi connectivity index (χ3v) is 4.14. The Morgan fingerprint density at radius 3 is 2.27 bits per heavy atom. The molecule has 0 bridgehead atoms. The van der Waals surface area contributed by atoms with Gasteiger partial charge in [0.2, 0.25) is 0 Å². The Morgan fingerprint density at radius 1 is 1.23 bits per heavy atom. The first-order valence-electron chi connectivity index (χ1n) is 7.61. The molecule has 4 heteroatoms. The summed E-state index contributed by atoms with van der Waals surface area (Å²) in [4.78, 5) is 13.9. The summed E-state index contributed by atoms with van der Waals surface area (Å²) >= 11 is 3.54. The van der Waals surface area contributed by atoms with Crippen molar-refractivity contribution in [3.8, 4) is 0 Å². The maximum atomic E-state index is 12.1. The van der Waals surface area contributed by atoms with Crippen molar-refractivity contribution in [3.05, 3.63) is 39.4 Å². The number of amides is 1. The van der Waals surface area contributed by atoms with E-state index in [1.165, 1.54) is 22.3 Å². The van der Waals surface area contributed by atoms with Gasteiger partial charge in [-0.1, -0.05) is 22.0 Å². The van der Waals surface area contributed by atoms with Gasteiger partial charge < -0.3 is 9.64 Å². The van der Waals surface area contributed by atoms with Crippen LogP contribution in [0.25, 0.3) is 5.57 Å². The number of carbonyl (C=O) groups is 1. The topological polar surface area (TPSA) is 29.5 Å². The van der Waals surface area contributed by atoms with Crippen LogP contribution < -0.4 is 0 Å². The predicted octanol–water partition coefficient (Wildman–Crippen LogP) is 5.09. The average Bonchev–Trinajstić information content (AvgIpc) is 2.36. The SMILES string of the molecule is Cc1cc(Br)cc(C)c1C1=CCN(C(=O)OC(C)(C)C)CC1. The quantitative estimate of drug-likeness (QED) is 0.693. The van der Waals surface area contributed by atoms with Gasteiger partial charge in [0.05, 0.1) is 0 Å². The van der Waals surface area contributed by atoms with E-state index >= 15 is 0 Å². The molecule has 0 atom stereocenters. The minimum Gasteiger partial charge on any atom is -0.444 e. The summed E-state index contributed by atoms with van der Waals surface area (Å²) in [5.41, 5.74) is 4.72. The summed E-state index contributed by atoms with van der Waals surface area (Å²) in [6.07, 6.45) is 2.78. The van der Waals surface area contributed by atoms with Gasteiger partial charge in [-0.3, -0.25) is 0 Å². The molecule has 1 aromatic rings. The van der Waals surface area contributed by atoms with Gasteiger partial charge in [-0.25, -0.2) is 4.79 Å². The summed E-state index contributed by atoms with van der Waals surface area (Å²) in [6, 6.07) is 4.28. The van der Waals surface area contributed by atoms with Crippen LogP contribution in [0.1, 0.15) is 43.9 Å². The van der Waals surface area contributed by atoms with Gasteiger partial charge >= 0.3 is 6.09 Å². The minimum atomic E-state index is -0.444. The molecule has 120 valence electrons. The molecule has 0 aromatic heterocycles. The van der Waals surface area contributed by atoms with E-state index in [4.69, 9.17) is 4.74 Å². The number of benzene rings is 1. The van der Waals surface area contributed by atoms with E-state index in [1.54, 1.807) is 4.90 Å². The highest BCUT2D eigenvalue weighted by atomic mass is 79.9. The second-order valence-electron chi connectivity index (χ2n) is 6.82. The molecule has 0 N–H and O–H groups in total. The van der Waals surface area contributed by atoms with Crippen molar-refractivity contribution in [3.63, 3.8) is 0 Å². The van der Waals surface area contributed by atoms with Crippen LogP contribution in [0.3, 0.4) is 0 Å². The third-order valence-electron chi connectivity index (χ3n) is 3.68. The molecule has 1 heterocycles.